The first-order valence-corrected chi connectivity index (χ1v) is 7.22. The van der Waals surface area contributed by atoms with Crippen LogP contribution in [0.25, 0.3) is 11.4 Å². The van der Waals surface area contributed by atoms with Crippen molar-refractivity contribution < 1.29 is 4.79 Å². The molecule has 1 atom stereocenters. The highest BCUT2D eigenvalue weighted by Crippen LogP contribution is 2.21. The Hall–Kier alpha value is -2.21. The molecule has 1 aliphatic heterocycles. The van der Waals surface area contributed by atoms with Crippen molar-refractivity contribution >= 4 is 5.91 Å². The SMILES string of the molecule is CCC(N)C(=O)N1CCn2c(nnc2-c2ccccc2)C1. The van der Waals surface area contributed by atoms with E-state index in [0.717, 1.165) is 17.2 Å². The number of benzene rings is 1. The summed E-state index contributed by atoms with van der Waals surface area (Å²) < 4.78 is 2.08. The van der Waals surface area contributed by atoms with E-state index in [1.54, 1.807) is 4.90 Å². The first-order chi connectivity index (χ1) is 10.2. The molecule has 1 aromatic heterocycles. The molecule has 1 aliphatic rings. The summed E-state index contributed by atoms with van der Waals surface area (Å²) in [4.78, 5) is 13.9. The van der Waals surface area contributed by atoms with E-state index in [2.05, 4.69) is 14.8 Å². The fraction of sp³-hybridized carbons (Fsp3) is 0.400. The van der Waals surface area contributed by atoms with Crippen molar-refractivity contribution in [1.29, 1.82) is 0 Å². The molecule has 21 heavy (non-hydrogen) atoms. The zero-order chi connectivity index (χ0) is 14.8. The van der Waals surface area contributed by atoms with E-state index in [1.165, 1.54) is 0 Å². The van der Waals surface area contributed by atoms with E-state index >= 15 is 0 Å². The van der Waals surface area contributed by atoms with E-state index in [4.69, 9.17) is 5.73 Å². The Balaban J connectivity index is 1.83. The smallest absolute Gasteiger partial charge is 0.239 e. The molecule has 3 rings (SSSR count). The summed E-state index contributed by atoms with van der Waals surface area (Å²) in [5, 5.41) is 8.50. The molecule has 110 valence electrons. The van der Waals surface area contributed by atoms with Gasteiger partial charge in [-0.1, -0.05) is 37.3 Å². The maximum absolute atomic E-state index is 12.2. The van der Waals surface area contributed by atoms with Crippen molar-refractivity contribution in [2.24, 2.45) is 5.73 Å². The predicted molar refractivity (Wildman–Crippen MR) is 79.1 cm³/mol. The van der Waals surface area contributed by atoms with Gasteiger partial charge in [-0.15, -0.1) is 10.2 Å². The van der Waals surface area contributed by atoms with Crippen LogP contribution in [0.15, 0.2) is 30.3 Å². The second-order valence-electron chi connectivity index (χ2n) is 5.23. The molecule has 0 spiro atoms. The van der Waals surface area contributed by atoms with Gasteiger partial charge >= 0.3 is 0 Å². The van der Waals surface area contributed by atoms with Gasteiger partial charge in [0, 0.05) is 18.7 Å². The Kier molecular flexibility index (Phi) is 3.70. The van der Waals surface area contributed by atoms with Crippen molar-refractivity contribution in [2.75, 3.05) is 6.54 Å². The molecular weight excluding hydrogens is 266 g/mol. The molecule has 0 fully saturated rings. The standard InChI is InChI=1S/C15H19N5O/c1-2-12(16)15(21)19-8-9-20-13(10-19)17-18-14(20)11-6-4-3-5-7-11/h3-7,12H,2,8-10,16H2,1H3. The van der Waals surface area contributed by atoms with Crippen LogP contribution in [0.3, 0.4) is 0 Å². The molecular formula is C15H19N5O. The van der Waals surface area contributed by atoms with Crippen LogP contribution in [-0.4, -0.2) is 38.2 Å². The lowest BCUT2D eigenvalue weighted by molar-refractivity contribution is -0.134. The lowest BCUT2D eigenvalue weighted by atomic mass is 10.2. The topological polar surface area (TPSA) is 77.0 Å². The number of nitrogens with zero attached hydrogens (tertiary/aromatic N) is 4. The monoisotopic (exact) mass is 285 g/mol. The fourth-order valence-corrected chi connectivity index (χ4v) is 2.56. The highest BCUT2D eigenvalue weighted by molar-refractivity contribution is 5.81. The van der Waals surface area contributed by atoms with Crippen LogP contribution in [0.1, 0.15) is 19.2 Å². The zero-order valence-corrected chi connectivity index (χ0v) is 12.1. The van der Waals surface area contributed by atoms with Crippen LogP contribution in [0.4, 0.5) is 0 Å². The largest absolute Gasteiger partial charge is 0.332 e. The molecule has 1 unspecified atom stereocenters. The quantitative estimate of drug-likeness (QED) is 0.913. The van der Waals surface area contributed by atoms with Gasteiger partial charge in [0.25, 0.3) is 0 Å². The number of amides is 1. The third-order valence-electron chi connectivity index (χ3n) is 3.85. The Morgan fingerprint density at radius 3 is 2.76 bits per heavy atom. The number of hydrogen-bond acceptors (Lipinski definition) is 4. The molecule has 6 heteroatoms. The number of carbonyl (C=O) groups is 1. The number of fused-ring (bicyclic) bond motifs is 1. The molecule has 2 aromatic rings. The molecule has 0 saturated carbocycles. The molecule has 0 saturated heterocycles. The normalized spacial score (nSPS) is 15.6. The second kappa shape index (κ2) is 5.65. The number of hydrogen-bond donors (Lipinski definition) is 1. The van der Waals surface area contributed by atoms with Gasteiger partial charge in [0.2, 0.25) is 5.91 Å². The van der Waals surface area contributed by atoms with Crippen LogP contribution in [0.2, 0.25) is 0 Å². The van der Waals surface area contributed by atoms with E-state index in [1.807, 2.05) is 37.3 Å². The molecule has 0 radical (unpaired) electrons. The van der Waals surface area contributed by atoms with Crippen LogP contribution in [0, 0.1) is 0 Å². The van der Waals surface area contributed by atoms with Crippen molar-refractivity contribution in [1.82, 2.24) is 19.7 Å². The summed E-state index contributed by atoms with van der Waals surface area (Å²) in [6.07, 6.45) is 0.650. The van der Waals surface area contributed by atoms with Gasteiger partial charge in [0.1, 0.15) is 0 Å². The summed E-state index contributed by atoms with van der Waals surface area (Å²) >= 11 is 0. The van der Waals surface area contributed by atoms with Crippen molar-refractivity contribution in [2.45, 2.75) is 32.5 Å². The first kappa shape index (κ1) is 13.8. The summed E-state index contributed by atoms with van der Waals surface area (Å²) in [5.74, 6) is 1.67. The van der Waals surface area contributed by atoms with Crippen molar-refractivity contribution in [3.05, 3.63) is 36.2 Å². The van der Waals surface area contributed by atoms with Crippen molar-refractivity contribution in [3.63, 3.8) is 0 Å². The number of nitrogens with two attached hydrogens (primary N) is 1. The Morgan fingerprint density at radius 2 is 2.05 bits per heavy atom. The lowest BCUT2D eigenvalue weighted by Gasteiger charge is -2.29. The minimum Gasteiger partial charge on any atom is -0.332 e. The summed E-state index contributed by atoms with van der Waals surface area (Å²) in [6.45, 7) is 3.75. The van der Waals surface area contributed by atoms with Crippen molar-refractivity contribution in [3.8, 4) is 11.4 Å². The molecule has 2 heterocycles. The maximum atomic E-state index is 12.2. The predicted octanol–water partition coefficient (Wildman–Crippen LogP) is 1.02. The highest BCUT2D eigenvalue weighted by atomic mass is 16.2. The lowest BCUT2D eigenvalue weighted by Crippen LogP contribution is -2.46. The third-order valence-corrected chi connectivity index (χ3v) is 3.85. The maximum Gasteiger partial charge on any atom is 0.239 e. The van der Waals surface area contributed by atoms with Gasteiger partial charge in [0.15, 0.2) is 11.6 Å². The molecule has 1 aromatic carbocycles. The Morgan fingerprint density at radius 1 is 1.29 bits per heavy atom. The Labute approximate surface area is 123 Å². The van der Waals surface area contributed by atoms with Gasteiger partial charge in [-0.2, -0.15) is 0 Å². The number of rotatable bonds is 3. The van der Waals surface area contributed by atoms with Crippen LogP contribution >= 0.6 is 0 Å². The number of carbonyl (C=O) groups excluding carboxylic acids is 1. The van der Waals surface area contributed by atoms with Gasteiger partial charge in [-0.25, -0.2) is 0 Å². The second-order valence-corrected chi connectivity index (χ2v) is 5.23. The summed E-state index contributed by atoms with van der Waals surface area (Å²) in [5.41, 5.74) is 6.87. The zero-order valence-electron chi connectivity index (χ0n) is 12.1. The fourth-order valence-electron chi connectivity index (χ4n) is 2.56. The van der Waals surface area contributed by atoms with Gasteiger partial charge in [-0.3, -0.25) is 4.79 Å². The van der Waals surface area contributed by atoms with E-state index in [9.17, 15) is 4.79 Å². The molecule has 6 nitrogen and oxygen atoms in total. The van der Waals surface area contributed by atoms with Gasteiger partial charge < -0.3 is 15.2 Å². The molecule has 0 aliphatic carbocycles. The average molecular weight is 285 g/mol. The third kappa shape index (κ3) is 2.54. The highest BCUT2D eigenvalue weighted by Gasteiger charge is 2.27. The van der Waals surface area contributed by atoms with Crippen LogP contribution in [0.5, 0.6) is 0 Å². The van der Waals surface area contributed by atoms with E-state index < -0.39 is 6.04 Å². The molecule has 0 bridgehead atoms. The Bertz CT molecular complexity index is 637. The van der Waals surface area contributed by atoms with Crippen LogP contribution < -0.4 is 5.73 Å². The molecule has 1 amide bonds. The first-order valence-electron chi connectivity index (χ1n) is 7.22. The summed E-state index contributed by atoms with van der Waals surface area (Å²) in [6, 6.07) is 9.55. The minimum atomic E-state index is -0.423. The minimum absolute atomic E-state index is 0.00647. The summed E-state index contributed by atoms with van der Waals surface area (Å²) in [7, 11) is 0. The van der Waals surface area contributed by atoms with Gasteiger partial charge in [0.05, 0.1) is 12.6 Å². The average Bonchev–Trinajstić information content (AvgIpc) is 2.97. The van der Waals surface area contributed by atoms with E-state index in [0.29, 0.717) is 26.1 Å². The van der Waals surface area contributed by atoms with Crippen LogP contribution in [-0.2, 0) is 17.9 Å². The van der Waals surface area contributed by atoms with E-state index in [-0.39, 0.29) is 5.91 Å². The number of aromatic nitrogens is 3. The molecule has 2 N–H and O–H groups in total. The van der Waals surface area contributed by atoms with Gasteiger partial charge in [-0.05, 0) is 6.42 Å².